The van der Waals surface area contributed by atoms with E-state index in [9.17, 15) is 25.1 Å². The van der Waals surface area contributed by atoms with Crippen molar-refractivity contribution in [2.45, 2.75) is 19.1 Å². The maximum Gasteiger partial charge on any atom is 0.304 e. The summed E-state index contributed by atoms with van der Waals surface area (Å²) in [6, 6.07) is 1.24. The summed E-state index contributed by atoms with van der Waals surface area (Å²) in [6.07, 6.45) is -1.85. The van der Waals surface area contributed by atoms with E-state index in [0.717, 1.165) is 11.3 Å². The van der Waals surface area contributed by atoms with Crippen molar-refractivity contribution in [3.63, 3.8) is 0 Å². The predicted molar refractivity (Wildman–Crippen MR) is 65.2 cm³/mol. The summed E-state index contributed by atoms with van der Waals surface area (Å²) in [5.74, 6) is -0.241. The van der Waals surface area contributed by atoms with Crippen LogP contribution in [0, 0.1) is 10.1 Å². The molecule has 7 nitrogen and oxygen atoms in total. The molecule has 0 saturated carbocycles. The Hall–Kier alpha value is -1.51. The van der Waals surface area contributed by atoms with E-state index in [1.807, 2.05) is 0 Å². The maximum atomic E-state index is 11.2. The highest BCUT2D eigenvalue weighted by atomic mass is 32.1. The van der Waals surface area contributed by atoms with E-state index in [1.165, 1.54) is 17.9 Å². The molecule has 98 valence electrons. The molecule has 8 heteroatoms. The Kier molecular flexibility index (Phi) is 3.33. The van der Waals surface area contributed by atoms with E-state index in [-0.39, 0.29) is 24.6 Å². The zero-order valence-corrected chi connectivity index (χ0v) is 10.4. The topological polar surface area (TPSA) is 104 Å². The summed E-state index contributed by atoms with van der Waals surface area (Å²) in [5, 5.41) is 30.1. The van der Waals surface area contributed by atoms with Crippen LogP contribution in [-0.4, -0.2) is 46.2 Å². The summed E-state index contributed by atoms with van der Waals surface area (Å²) in [6.45, 7) is 1.59. The number of nitrogens with zero attached hydrogens (tertiary/aromatic N) is 2. The molecule has 0 aliphatic carbocycles. The molecule has 2 N–H and O–H groups in total. The van der Waals surface area contributed by atoms with Crippen LogP contribution >= 0.6 is 11.3 Å². The smallest absolute Gasteiger partial charge is 0.304 e. The molecule has 1 aromatic heterocycles. The van der Waals surface area contributed by atoms with Crippen LogP contribution in [0.5, 0.6) is 0 Å². The van der Waals surface area contributed by atoms with Crippen molar-refractivity contribution < 1.29 is 19.9 Å². The molecule has 1 aliphatic rings. The largest absolute Gasteiger partial charge is 0.389 e. The first kappa shape index (κ1) is 12.9. The molecular formula is C10H12N2O5S. The van der Waals surface area contributed by atoms with Gasteiger partial charge in [-0.15, -0.1) is 11.3 Å². The highest BCUT2D eigenvalue weighted by Crippen LogP contribution is 2.39. The number of aliphatic hydroxyl groups excluding tert-OH is 2. The van der Waals surface area contributed by atoms with Crippen molar-refractivity contribution in [2.75, 3.05) is 18.0 Å². The number of aliphatic hydroxyl groups is 2. The number of anilines is 1. The van der Waals surface area contributed by atoms with Crippen LogP contribution in [0.4, 0.5) is 10.7 Å². The van der Waals surface area contributed by atoms with Gasteiger partial charge in [0.2, 0.25) is 0 Å². The Balaban J connectivity index is 2.37. The van der Waals surface area contributed by atoms with Gasteiger partial charge in [0.25, 0.3) is 0 Å². The molecule has 1 aliphatic heterocycles. The number of ketones is 1. The van der Waals surface area contributed by atoms with Gasteiger partial charge in [0, 0.05) is 19.2 Å². The Bertz CT molecular complexity index is 490. The minimum atomic E-state index is -0.924. The molecular weight excluding hydrogens is 260 g/mol. The zero-order valence-electron chi connectivity index (χ0n) is 9.57. The van der Waals surface area contributed by atoms with Crippen molar-refractivity contribution in [2.24, 2.45) is 0 Å². The predicted octanol–water partition coefficient (Wildman–Crippen LogP) is 0.401. The lowest BCUT2D eigenvalue weighted by atomic mass is 10.3. The summed E-state index contributed by atoms with van der Waals surface area (Å²) in [7, 11) is 0. The van der Waals surface area contributed by atoms with Crippen LogP contribution in [0.1, 0.15) is 16.6 Å². The first-order valence-electron chi connectivity index (χ1n) is 5.30. The molecule has 0 spiro atoms. The van der Waals surface area contributed by atoms with Gasteiger partial charge in [-0.05, 0) is 6.92 Å². The third kappa shape index (κ3) is 2.22. The maximum absolute atomic E-state index is 11.2. The van der Waals surface area contributed by atoms with E-state index < -0.39 is 17.1 Å². The number of nitro groups is 1. The van der Waals surface area contributed by atoms with Crippen LogP contribution in [0.15, 0.2) is 6.07 Å². The van der Waals surface area contributed by atoms with E-state index in [4.69, 9.17) is 0 Å². The number of thiophene rings is 1. The summed E-state index contributed by atoms with van der Waals surface area (Å²) in [5.41, 5.74) is -0.161. The molecule has 1 fully saturated rings. The molecule has 2 unspecified atom stereocenters. The monoisotopic (exact) mass is 272 g/mol. The van der Waals surface area contributed by atoms with Gasteiger partial charge in [-0.25, -0.2) is 0 Å². The molecule has 2 heterocycles. The summed E-state index contributed by atoms with van der Waals surface area (Å²) < 4.78 is 0. The highest BCUT2D eigenvalue weighted by molar-refractivity contribution is 7.18. The summed E-state index contributed by atoms with van der Waals surface area (Å²) >= 11 is 1.01. The second-order valence-corrected chi connectivity index (χ2v) is 5.18. The van der Waals surface area contributed by atoms with Crippen molar-refractivity contribution >= 4 is 27.8 Å². The number of hydrogen-bond acceptors (Lipinski definition) is 7. The van der Waals surface area contributed by atoms with Gasteiger partial charge in [0.1, 0.15) is 0 Å². The average molecular weight is 272 g/mol. The van der Waals surface area contributed by atoms with Gasteiger partial charge in [-0.1, -0.05) is 0 Å². The van der Waals surface area contributed by atoms with E-state index in [2.05, 4.69) is 0 Å². The van der Waals surface area contributed by atoms with Crippen LogP contribution in [-0.2, 0) is 0 Å². The third-order valence-corrected chi connectivity index (χ3v) is 4.07. The Morgan fingerprint density at radius 3 is 2.50 bits per heavy atom. The van der Waals surface area contributed by atoms with E-state index in [0.29, 0.717) is 9.88 Å². The SMILES string of the molecule is CC(=O)c1cc([N+](=O)[O-])c(N2CC(O)C(O)C2)s1. The van der Waals surface area contributed by atoms with Crippen molar-refractivity contribution in [3.05, 3.63) is 21.1 Å². The van der Waals surface area contributed by atoms with E-state index >= 15 is 0 Å². The van der Waals surface area contributed by atoms with E-state index in [1.54, 1.807) is 0 Å². The lowest BCUT2D eigenvalue weighted by Gasteiger charge is -2.13. The molecule has 1 aromatic rings. The first-order chi connectivity index (χ1) is 8.40. The lowest BCUT2D eigenvalue weighted by molar-refractivity contribution is -0.383. The standard InChI is InChI=1S/C10H12N2O5S/c1-5(13)9-2-6(12(16)17)10(18-9)11-3-7(14)8(15)4-11/h2,7-8,14-15H,3-4H2,1H3. The fourth-order valence-corrected chi connectivity index (χ4v) is 2.88. The number of carbonyl (C=O) groups is 1. The highest BCUT2D eigenvalue weighted by Gasteiger charge is 2.35. The number of hydrogen-bond donors (Lipinski definition) is 2. The van der Waals surface area contributed by atoms with Crippen molar-refractivity contribution in [3.8, 4) is 0 Å². The number of β-amino-alcohol motifs (C(OH)–C–C–N with tert-alkyl or cyclic N) is 2. The zero-order chi connectivity index (χ0) is 13.4. The fraction of sp³-hybridized carbons (Fsp3) is 0.500. The summed E-state index contributed by atoms with van der Waals surface area (Å²) in [4.78, 5) is 23.4. The van der Waals surface area contributed by atoms with Crippen LogP contribution in [0.3, 0.4) is 0 Å². The van der Waals surface area contributed by atoms with Gasteiger partial charge < -0.3 is 15.1 Å². The molecule has 1 saturated heterocycles. The van der Waals surface area contributed by atoms with Gasteiger partial charge in [0.15, 0.2) is 10.8 Å². The van der Waals surface area contributed by atoms with Crippen molar-refractivity contribution in [1.82, 2.24) is 0 Å². The quantitative estimate of drug-likeness (QED) is 0.469. The molecule has 2 atom stereocenters. The fourth-order valence-electron chi connectivity index (χ4n) is 1.84. The molecule has 0 radical (unpaired) electrons. The minimum Gasteiger partial charge on any atom is -0.389 e. The number of rotatable bonds is 3. The Morgan fingerprint density at radius 2 is 2.06 bits per heavy atom. The molecule has 0 amide bonds. The molecule has 18 heavy (non-hydrogen) atoms. The van der Waals surface area contributed by atoms with Crippen LogP contribution in [0.25, 0.3) is 0 Å². The van der Waals surface area contributed by atoms with Crippen LogP contribution in [0.2, 0.25) is 0 Å². The van der Waals surface area contributed by atoms with Gasteiger partial charge in [-0.3, -0.25) is 14.9 Å². The second kappa shape index (κ2) is 4.63. The normalized spacial score (nSPS) is 23.4. The molecule has 0 bridgehead atoms. The second-order valence-electron chi connectivity index (χ2n) is 4.15. The Morgan fingerprint density at radius 1 is 1.50 bits per heavy atom. The molecule has 0 aromatic carbocycles. The number of Topliss-reactive ketones (excluding diaryl/α,β-unsaturated/α-hetero) is 1. The Labute approximate surface area is 106 Å². The first-order valence-corrected chi connectivity index (χ1v) is 6.12. The van der Waals surface area contributed by atoms with Gasteiger partial charge in [-0.2, -0.15) is 0 Å². The minimum absolute atomic E-state index is 0.125. The van der Waals surface area contributed by atoms with Crippen molar-refractivity contribution in [1.29, 1.82) is 0 Å². The van der Waals surface area contributed by atoms with Gasteiger partial charge >= 0.3 is 5.69 Å². The van der Waals surface area contributed by atoms with Crippen LogP contribution < -0.4 is 4.90 Å². The average Bonchev–Trinajstić information content (AvgIpc) is 2.83. The lowest BCUT2D eigenvalue weighted by Crippen LogP contribution is -2.22. The van der Waals surface area contributed by atoms with Gasteiger partial charge in [0.05, 0.1) is 22.0 Å². The molecule has 2 rings (SSSR count). The number of carbonyl (C=O) groups excluding carboxylic acids is 1. The third-order valence-electron chi connectivity index (χ3n) is 2.78.